The van der Waals surface area contributed by atoms with Crippen LogP contribution >= 0.6 is 11.3 Å². The molecule has 1 aromatic heterocycles. The van der Waals surface area contributed by atoms with E-state index in [1.807, 2.05) is 11.3 Å². The molecule has 1 heterocycles. The quantitative estimate of drug-likeness (QED) is 0.860. The summed E-state index contributed by atoms with van der Waals surface area (Å²) < 4.78 is 0. The molecule has 1 N–H and O–H groups in total. The summed E-state index contributed by atoms with van der Waals surface area (Å²) in [6, 6.07) is 5.06. The van der Waals surface area contributed by atoms with Crippen LogP contribution < -0.4 is 5.32 Å². The number of hydrogen-bond donors (Lipinski definition) is 1. The summed E-state index contributed by atoms with van der Waals surface area (Å²) in [5.74, 6) is 0.799. The molecule has 0 bridgehead atoms. The average Bonchev–Trinajstić information content (AvgIpc) is 2.95. The topological polar surface area (TPSA) is 15.3 Å². The van der Waals surface area contributed by atoms with E-state index in [9.17, 15) is 0 Å². The molecule has 2 nitrogen and oxygen atoms in total. The predicted molar refractivity (Wildman–Crippen MR) is 84.9 cm³/mol. The molecule has 108 valence electrons. The van der Waals surface area contributed by atoms with Gasteiger partial charge in [-0.3, -0.25) is 0 Å². The highest BCUT2D eigenvalue weighted by Gasteiger charge is 2.40. The van der Waals surface area contributed by atoms with Gasteiger partial charge in [0.1, 0.15) is 0 Å². The van der Waals surface area contributed by atoms with Crippen LogP contribution in [-0.2, 0) is 6.42 Å². The van der Waals surface area contributed by atoms with Gasteiger partial charge in [0.05, 0.1) is 0 Å². The predicted octanol–water partition coefficient (Wildman–Crippen LogP) is 3.25. The molecule has 2 atom stereocenters. The third-order valence-electron chi connectivity index (χ3n) is 4.65. The second-order valence-corrected chi connectivity index (χ2v) is 7.68. The van der Waals surface area contributed by atoms with Crippen molar-refractivity contribution < 1.29 is 0 Å². The number of likely N-dealkylation sites (N-methyl/N-ethyl adjacent to an activating group) is 1. The van der Waals surface area contributed by atoms with E-state index < -0.39 is 0 Å². The van der Waals surface area contributed by atoms with E-state index in [0.29, 0.717) is 11.5 Å². The zero-order valence-corrected chi connectivity index (χ0v) is 13.6. The summed E-state index contributed by atoms with van der Waals surface area (Å²) in [6.07, 6.45) is 3.90. The molecule has 0 radical (unpaired) electrons. The van der Waals surface area contributed by atoms with Crippen LogP contribution in [0.15, 0.2) is 17.5 Å². The third-order valence-corrected chi connectivity index (χ3v) is 5.59. The van der Waals surface area contributed by atoms with Crippen LogP contribution in [0.5, 0.6) is 0 Å². The maximum absolute atomic E-state index is 3.55. The van der Waals surface area contributed by atoms with Crippen molar-refractivity contribution >= 4 is 11.3 Å². The first-order chi connectivity index (χ1) is 9.03. The van der Waals surface area contributed by atoms with Gasteiger partial charge in [-0.1, -0.05) is 19.9 Å². The summed E-state index contributed by atoms with van der Waals surface area (Å²) in [4.78, 5) is 4.01. The lowest BCUT2D eigenvalue weighted by molar-refractivity contribution is 0.212. The van der Waals surface area contributed by atoms with Crippen LogP contribution in [0.1, 0.15) is 31.6 Å². The first-order valence-electron chi connectivity index (χ1n) is 7.41. The average molecular weight is 280 g/mol. The Morgan fingerprint density at radius 2 is 2.26 bits per heavy atom. The molecule has 0 saturated heterocycles. The van der Waals surface area contributed by atoms with Crippen molar-refractivity contribution in [1.29, 1.82) is 0 Å². The lowest BCUT2D eigenvalue weighted by atomic mass is 9.85. The Bertz CT molecular complexity index is 372. The maximum Gasteiger partial charge on any atom is 0.0156 e. The fourth-order valence-electron chi connectivity index (χ4n) is 3.59. The Morgan fingerprint density at radius 3 is 2.89 bits per heavy atom. The molecule has 19 heavy (non-hydrogen) atoms. The molecule has 0 aliphatic heterocycles. The van der Waals surface area contributed by atoms with E-state index in [1.54, 1.807) is 0 Å². The van der Waals surface area contributed by atoms with Gasteiger partial charge in [-0.05, 0) is 56.1 Å². The Labute approximate surface area is 122 Å². The first-order valence-corrected chi connectivity index (χ1v) is 8.29. The molecule has 1 aromatic rings. The molecule has 0 amide bonds. The number of nitrogens with zero attached hydrogens (tertiary/aromatic N) is 1. The van der Waals surface area contributed by atoms with Crippen LogP contribution in [0.3, 0.4) is 0 Å². The van der Waals surface area contributed by atoms with Gasteiger partial charge in [-0.25, -0.2) is 0 Å². The zero-order valence-electron chi connectivity index (χ0n) is 12.8. The van der Waals surface area contributed by atoms with Crippen LogP contribution in [0, 0.1) is 11.3 Å². The van der Waals surface area contributed by atoms with Gasteiger partial charge in [-0.15, -0.1) is 11.3 Å². The number of nitrogens with one attached hydrogen (secondary N) is 1. The standard InChI is InChI=1S/C16H28N2S/c1-16(2)9-7-13(15(16)17-3)12-18(4)10-8-14-6-5-11-19-14/h5-6,11,13,15,17H,7-10,12H2,1-4H3. The molecule has 1 fully saturated rings. The van der Waals surface area contributed by atoms with Gasteiger partial charge in [0.15, 0.2) is 0 Å². The van der Waals surface area contributed by atoms with Crippen LogP contribution in [0.2, 0.25) is 0 Å². The summed E-state index contributed by atoms with van der Waals surface area (Å²) in [6.45, 7) is 7.20. The molecule has 0 aromatic carbocycles. The van der Waals surface area contributed by atoms with E-state index in [-0.39, 0.29) is 0 Å². The minimum Gasteiger partial charge on any atom is -0.316 e. The molecule has 1 aliphatic rings. The summed E-state index contributed by atoms with van der Waals surface area (Å²) in [7, 11) is 4.39. The van der Waals surface area contributed by atoms with E-state index >= 15 is 0 Å². The van der Waals surface area contributed by atoms with E-state index in [1.165, 1.54) is 37.2 Å². The Balaban J connectivity index is 1.80. The van der Waals surface area contributed by atoms with E-state index in [0.717, 1.165) is 5.92 Å². The van der Waals surface area contributed by atoms with Gasteiger partial charge >= 0.3 is 0 Å². The van der Waals surface area contributed by atoms with Gasteiger partial charge in [0, 0.05) is 24.0 Å². The monoisotopic (exact) mass is 280 g/mol. The molecule has 2 unspecified atom stereocenters. The van der Waals surface area contributed by atoms with Crippen molar-refractivity contribution in [3.05, 3.63) is 22.4 Å². The minimum atomic E-state index is 0.452. The van der Waals surface area contributed by atoms with Gasteiger partial charge in [0.25, 0.3) is 0 Å². The Morgan fingerprint density at radius 1 is 1.47 bits per heavy atom. The normalized spacial score (nSPS) is 26.2. The molecule has 0 spiro atoms. The van der Waals surface area contributed by atoms with Crippen molar-refractivity contribution in [2.45, 2.75) is 39.2 Å². The largest absolute Gasteiger partial charge is 0.316 e. The van der Waals surface area contributed by atoms with Crippen molar-refractivity contribution in [1.82, 2.24) is 10.2 Å². The van der Waals surface area contributed by atoms with E-state index in [2.05, 4.69) is 55.7 Å². The second-order valence-electron chi connectivity index (χ2n) is 6.65. The summed E-state index contributed by atoms with van der Waals surface area (Å²) in [5.41, 5.74) is 0.452. The number of hydrogen-bond acceptors (Lipinski definition) is 3. The smallest absolute Gasteiger partial charge is 0.0156 e. The van der Waals surface area contributed by atoms with Crippen LogP contribution in [0.25, 0.3) is 0 Å². The van der Waals surface area contributed by atoms with Gasteiger partial charge in [0.2, 0.25) is 0 Å². The minimum absolute atomic E-state index is 0.452. The highest BCUT2D eigenvalue weighted by molar-refractivity contribution is 7.09. The molecule has 2 rings (SSSR count). The van der Waals surface area contributed by atoms with E-state index in [4.69, 9.17) is 0 Å². The van der Waals surface area contributed by atoms with Crippen molar-refractivity contribution in [3.63, 3.8) is 0 Å². The third kappa shape index (κ3) is 3.80. The lowest BCUT2D eigenvalue weighted by Gasteiger charge is -2.32. The SMILES string of the molecule is CNC1C(CN(C)CCc2cccs2)CCC1(C)C. The maximum atomic E-state index is 3.55. The molecular formula is C16H28N2S. The number of thiophene rings is 1. The Hall–Kier alpha value is -0.380. The van der Waals surface area contributed by atoms with Gasteiger partial charge in [-0.2, -0.15) is 0 Å². The van der Waals surface area contributed by atoms with Crippen molar-refractivity contribution in [2.24, 2.45) is 11.3 Å². The summed E-state index contributed by atoms with van der Waals surface area (Å²) >= 11 is 1.87. The zero-order chi connectivity index (χ0) is 13.9. The molecule has 1 saturated carbocycles. The molecular weight excluding hydrogens is 252 g/mol. The second kappa shape index (κ2) is 6.38. The first kappa shape index (κ1) is 15.0. The highest BCUT2D eigenvalue weighted by atomic mass is 32.1. The summed E-state index contributed by atoms with van der Waals surface area (Å²) in [5, 5.41) is 5.73. The fourth-order valence-corrected chi connectivity index (χ4v) is 4.29. The van der Waals surface area contributed by atoms with Crippen LogP contribution in [0.4, 0.5) is 0 Å². The van der Waals surface area contributed by atoms with Crippen LogP contribution in [-0.4, -0.2) is 38.1 Å². The van der Waals surface area contributed by atoms with Crippen molar-refractivity contribution in [2.75, 3.05) is 27.2 Å². The highest BCUT2D eigenvalue weighted by Crippen LogP contribution is 2.41. The fraction of sp³-hybridized carbons (Fsp3) is 0.750. The van der Waals surface area contributed by atoms with Crippen molar-refractivity contribution in [3.8, 4) is 0 Å². The molecule has 1 aliphatic carbocycles. The number of rotatable bonds is 6. The Kier molecular flexibility index (Phi) is 5.04. The van der Waals surface area contributed by atoms with Gasteiger partial charge < -0.3 is 10.2 Å². The lowest BCUT2D eigenvalue weighted by Crippen LogP contribution is -2.43. The molecule has 3 heteroatoms.